The van der Waals surface area contributed by atoms with Crippen LogP contribution in [0.15, 0.2) is 41.3 Å². The van der Waals surface area contributed by atoms with E-state index < -0.39 is 0 Å². The van der Waals surface area contributed by atoms with E-state index in [-0.39, 0.29) is 5.91 Å². The highest BCUT2D eigenvalue weighted by Crippen LogP contribution is 2.18. The number of rotatable bonds is 4. The van der Waals surface area contributed by atoms with Gasteiger partial charge in [-0.05, 0) is 18.2 Å². The van der Waals surface area contributed by atoms with Crippen LogP contribution in [0.1, 0.15) is 16.1 Å². The van der Waals surface area contributed by atoms with Crippen LogP contribution in [0.25, 0.3) is 0 Å². The molecule has 1 amide bonds. The smallest absolute Gasteiger partial charge is 0.257 e. The molecule has 0 saturated carbocycles. The third kappa shape index (κ3) is 3.89. The second kappa shape index (κ2) is 7.88. The second-order valence-electron chi connectivity index (χ2n) is 6.67. The van der Waals surface area contributed by atoms with Crippen molar-refractivity contribution in [1.82, 2.24) is 14.8 Å². The molecule has 2 aliphatic rings. The first-order valence-electron chi connectivity index (χ1n) is 9.11. The van der Waals surface area contributed by atoms with Crippen molar-refractivity contribution in [2.75, 3.05) is 57.4 Å². The number of anilines is 1. The van der Waals surface area contributed by atoms with Gasteiger partial charge in [-0.15, -0.1) is 0 Å². The molecule has 26 heavy (non-hydrogen) atoms. The Morgan fingerprint density at radius 3 is 2.50 bits per heavy atom. The lowest BCUT2D eigenvalue weighted by Gasteiger charge is -2.35. The molecule has 0 atom stereocenters. The Kier molecular flexibility index (Phi) is 5.17. The van der Waals surface area contributed by atoms with Gasteiger partial charge in [-0.2, -0.15) is 0 Å². The highest BCUT2D eigenvalue weighted by molar-refractivity contribution is 5.94. The predicted octanol–water partition coefficient (Wildman–Crippen LogP) is 1.47. The van der Waals surface area contributed by atoms with Gasteiger partial charge in [0.1, 0.15) is 12.0 Å². The highest BCUT2D eigenvalue weighted by atomic mass is 16.5. The van der Waals surface area contributed by atoms with E-state index in [1.165, 1.54) is 0 Å². The number of hydrogen-bond donors (Lipinski definition) is 0. The zero-order chi connectivity index (χ0) is 17.8. The quantitative estimate of drug-likeness (QED) is 0.827. The molecule has 7 heteroatoms. The van der Waals surface area contributed by atoms with Crippen molar-refractivity contribution in [2.45, 2.75) is 6.54 Å². The van der Waals surface area contributed by atoms with Gasteiger partial charge in [0, 0.05) is 57.3 Å². The number of hydrogen-bond acceptors (Lipinski definition) is 6. The van der Waals surface area contributed by atoms with Crippen LogP contribution in [0.5, 0.6) is 0 Å². The van der Waals surface area contributed by atoms with Crippen LogP contribution in [0.3, 0.4) is 0 Å². The van der Waals surface area contributed by atoms with Crippen molar-refractivity contribution in [3.8, 4) is 0 Å². The first-order chi connectivity index (χ1) is 12.8. The van der Waals surface area contributed by atoms with Gasteiger partial charge in [0.15, 0.2) is 0 Å². The average molecular weight is 356 g/mol. The first-order valence-corrected chi connectivity index (χ1v) is 9.11. The van der Waals surface area contributed by atoms with Gasteiger partial charge in [0.25, 0.3) is 5.91 Å². The topological polar surface area (TPSA) is 62.1 Å². The highest BCUT2D eigenvalue weighted by Gasteiger charge is 2.24. The molecule has 0 bridgehead atoms. The van der Waals surface area contributed by atoms with Gasteiger partial charge in [0.05, 0.1) is 25.3 Å². The Morgan fingerprint density at radius 1 is 1.04 bits per heavy atom. The van der Waals surface area contributed by atoms with Gasteiger partial charge >= 0.3 is 0 Å². The molecule has 0 N–H and O–H groups in total. The molecule has 2 aromatic heterocycles. The molecule has 2 aromatic rings. The summed E-state index contributed by atoms with van der Waals surface area (Å²) >= 11 is 0. The number of aromatic nitrogens is 1. The van der Waals surface area contributed by atoms with Crippen molar-refractivity contribution in [3.05, 3.63) is 48.2 Å². The fraction of sp³-hybridized carbons (Fsp3) is 0.474. The molecular weight excluding hydrogens is 332 g/mol. The zero-order valence-electron chi connectivity index (χ0n) is 14.8. The van der Waals surface area contributed by atoms with Crippen LogP contribution < -0.4 is 4.90 Å². The summed E-state index contributed by atoms with van der Waals surface area (Å²) in [5, 5.41) is 0. The lowest BCUT2D eigenvalue weighted by atomic mass is 10.2. The molecule has 2 fully saturated rings. The predicted molar refractivity (Wildman–Crippen MR) is 97.2 cm³/mol. The molecule has 2 saturated heterocycles. The van der Waals surface area contributed by atoms with Crippen LogP contribution in [0.4, 0.5) is 5.69 Å². The zero-order valence-corrected chi connectivity index (χ0v) is 14.8. The lowest BCUT2D eigenvalue weighted by Crippen LogP contribution is -2.48. The summed E-state index contributed by atoms with van der Waals surface area (Å²) in [5.41, 5.74) is 1.80. The Hall–Kier alpha value is -2.38. The van der Waals surface area contributed by atoms with Crippen LogP contribution in [0.2, 0.25) is 0 Å². The number of amides is 1. The number of pyridine rings is 1. The van der Waals surface area contributed by atoms with Gasteiger partial charge in [0.2, 0.25) is 0 Å². The first kappa shape index (κ1) is 17.1. The van der Waals surface area contributed by atoms with Crippen LogP contribution in [0, 0.1) is 0 Å². The number of carbonyl (C=O) groups is 1. The summed E-state index contributed by atoms with van der Waals surface area (Å²) in [6.07, 6.45) is 5.19. The number of carbonyl (C=O) groups excluding carboxylic acids is 1. The summed E-state index contributed by atoms with van der Waals surface area (Å²) in [6, 6.07) is 5.89. The standard InChI is InChI=1S/C19H24N4O3/c24-19(16-13-18(26-15-16)14-21-9-11-25-12-10-21)23-7-5-22(6-8-23)17-1-3-20-4-2-17/h1-4,13,15H,5-12,14H2. The third-order valence-electron chi connectivity index (χ3n) is 4.98. The van der Waals surface area contributed by atoms with Crippen molar-refractivity contribution in [3.63, 3.8) is 0 Å². The molecule has 0 radical (unpaired) electrons. The van der Waals surface area contributed by atoms with Crippen molar-refractivity contribution < 1.29 is 13.9 Å². The Labute approximate surface area is 153 Å². The van der Waals surface area contributed by atoms with Crippen molar-refractivity contribution in [2.24, 2.45) is 0 Å². The minimum absolute atomic E-state index is 0.0522. The van der Waals surface area contributed by atoms with Gasteiger partial charge in [-0.25, -0.2) is 0 Å². The molecule has 4 heterocycles. The molecule has 2 aliphatic heterocycles. The van der Waals surface area contributed by atoms with E-state index in [0.29, 0.717) is 18.7 Å². The Bertz CT molecular complexity index is 719. The molecule has 0 unspecified atom stereocenters. The Morgan fingerprint density at radius 2 is 1.77 bits per heavy atom. The largest absolute Gasteiger partial charge is 0.467 e. The monoisotopic (exact) mass is 356 g/mol. The maximum Gasteiger partial charge on any atom is 0.257 e. The lowest BCUT2D eigenvalue weighted by molar-refractivity contribution is 0.0313. The number of furan rings is 1. The number of ether oxygens (including phenoxy) is 1. The summed E-state index contributed by atoms with van der Waals surface area (Å²) in [6.45, 7) is 7.13. The third-order valence-corrected chi connectivity index (χ3v) is 4.98. The molecule has 0 aromatic carbocycles. The summed E-state index contributed by atoms with van der Waals surface area (Å²) in [4.78, 5) is 23.3. The molecule has 0 spiro atoms. The van der Waals surface area contributed by atoms with Gasteiger partial charge in [-0.1, -0.05) is 0 Å². The minimum Gasteiger partial charge on any atom is -0.467 e. The van der Waals surface area contributed by atoms with Crippen LogP contribution >= 0.6 is 0 Å². The molecule has 0 aliphatic carbocycles. The van der Waals surface area contributed by atoms with Gasteiger partial charge in [-0.3, -0.25) is 14.7 Å². The fourth-order valence-corrected chi connectivity index (χ4v) is 3.46. The average Bonchev–Trinajstić information content (AvgIpc) is 3.17. The SMILES string of the molecule is O=C(c1coc(CN2CCOCC2)c1)N1CCN(c2ccncc2)CC1. The van der Waals surface area contributed by atoms with E-state index in [1.54, 1.807) is 18.7 Å². The van der Waals surface area contributed by atoms with E-state index in [0.717, 1.165) is 57.4 Å². The van der Waals surface area contributed by atoms with Gasteiger partial charge < -0.3 is 19.0 Å². The Balaban J connectivity index is 1.32. The van der Waals surface area contributed by atoms with E-state index >= 15 is 0 Å². The van der Waals surface area contributed by atoms with Crippen molar-refractivity contribution in [1.29, 1.82) is 0 Å². The van der Waals surface area contributed by atoms with Crippen LogP contribution in [-0.4, -0.2) is 73.2 Å². The maximum absolute atomic E-state index is 12.8. The molecule has 138 valence electrons. The van der Waals surface area contributed by atoms with Crippen molar-refractivity contribution >= 4 is 11.6 Å². The molecule has 4 rings (SSSR count). The minimum atomic E-state index is 0.0522. The molecule has 7 nitrogen and oxygen atoms in total. The summed E-state index contributed by atoms with van der Waals surface area (Å²) in [7, 11) is 0. The maximum atomic E-state index is 12.8. The molecular formula is C19H24N4O3. The fourth-order valence-electron chi connectivity index (χ4n) is 3.46. The van der Waals surface area contributed by atoms with E-state index in [1.807, 2.05) is 23.1 Å². The van der Waals surface area contributed by atoms with Crippen LogP contribution in [-0.2, 0) is 11.3 Å². The van der Waals surface area contributed by atoms with E-state index in [2.05, 4.69) is 14.8 Å². The normalized spacial score (nSPS) is 18.9. The van der Waals surface area contributed by atoms with E-state index in [4.69, 9.17) is 9.15 Å². The number of piperazine rings is 1. The second-order valence-corrected chi connectivity index (χ2v) is 6.67. The summed E-state index contributed by atoms with van der Waals surface area (Å²) in [5.74, 6) is 0.891. The number of nitrogens with zero attached hydrogens (tertiary/aromatic N) is 4. The summed E-state index contributed by atoms with van der Waals surface area (Å²) < 4.78 is 11.0. The number of morpholine rings is 1. The van der Waals surface area contributed by atoms with E-state index in [9.17, 15) is 4.79 Å².